The molecule has 0 bridgehead atoms. The Bertz CT molecular complexity index is 788. The molecule has 1 saturated carbocycles. The number of hydrogen-bond acceptors (Lipinski definition) is 3. The van der Waals surface area contributed by atoms with Crippen LogP contribution in [-0.4, -0.2) is 34.6 Å². The molecule has 0 saturated heterocycles. The molecule has 0 spiro atoms. The van der Waals surface area contributed by atoms with E-state index in [1.54, 1.807) is 13.3 Å². The lowest BCUT2D eigenvalue weighted by Gasteiger charge is -2.36. The van der Waals surface area contributed by atoms with E-state index >= 15 is 0 Å². The van der Waals surface area contributed by atoms with Crippen LogP contribution in [0.15, 0.2) is 24.4 Å². The first-order chi connectivity index (χ1) is 11.9. The Kier molecular flexibility index (Phi) is 4.70. The minimum absolute atomic E-state index is 0.116. The zero-order valence-corrected chi connectivity index (χ0v) is 14.6. The summed E-state index contributed by atoms with van der Waals surface area (Å²) in [6, 6.07) is 5.64. The molecule has 1 aromatic carbocycles. The van der Waals surface area contributed by atoms with Crippen molar-refractivity contribution in [3.63, 3.8) is 0 Å². The number of aromatic amines is 1. The Hall–Kier alpha value is -2.50. The minimum atomic E-state index is -1.14. The zero-order valence-electron chi connectivity index (χ0n) is 14.6. The summed E-state index contributed by atoms with van der Waals surface area (Å²) in [5.74, 6) is -0.0174. The summed E-state index contributed by atoms with van der Waals surface area (Å²) in [4.78, 5) is 27.5. The third-order valence-electron chi connectivity index (χ3n) is 5.24. The van der Waals surface area contributed by atoms with Crippen LogP contribution >= 0.6 is 0 Å². The summed E-state index contributed by atoms with van der Waals surface area (Å²) in [5, 5.41) is 13.3. The van der Waals surface area contributed by atoms with Gasteiger partial charge in [0.25, 0.3) is 0 Å². The van der Waals surface area contributed by atoms with Gasteiger partial charge in [0, 0.05) is 17.1 Å². The highest BCUT2D eigenvalue weighted by molar-refractivity contribution is 5.94. The fourth-order valence-corrected chi connectivity index (χ4v) is 3.66. The molecule has 1 aliphatic carbocycles. The van der Waals surface area contributed by atoms with E-state index in [2.05, 4.69) is 17.2 Å². The number of ether oxygens (including phenoxy) is 1. The van der Waals surface area contributed by atoms with Crippen molar-refractivity contribution in [1.82, 2.24) is 10.3 Å². The van der Waals surface area contributed by atoms with Crippen LogP contribution < -0.4 is 10.1 Å². The summed E-state index contributed by atoms with van der Waals surface area (Å²) >= 11 is 0. The molecule has 3 N–H and O–H groups in total. The van der Waals surface area contributed by atoms with Gasteiger partial charge in [0.05, 0.1) is 13.5 Å². The number of carboxylic acid groups (broad SMARTS) is 1. The summed E-state index contributed by atoms with van der Waals surface area (Å²) in [7, 11) is 1.59. The molecule has 0 radical (unpaired) electrons. The molecule has 6 heteroatoms. The van der Waals surface area contributed by atoms with Gasteiger partial charge in [-0.2, -0.15) is 0 Å². The molecule has 1 heterocycles. The van der Waals surface area contributed by atoms with Gasteiger partial charge < -0.3 is 20.1 Å². The van der Waals surface area contributed by atoms with Gasteiger partial charge in [0.15, 0.2) is 0 Å². The summed E-state index contributed by atoms with van der Waals surface area (Å²) < 4.78 is 5.38. The normalized spacial score (nSPS) is 23.4. The number of aromatic nitrogens is 1. The van der Waals surface area contributed by atoms with Gasteiger partial charge in [-0.3, -0.25) is 4.79 Å². The van der Waals surface area contributed by atoms with Crippen LogP contribution in [0.25, 0.3) is 10.9 Å². The molecule has 1 amide bonds. The predicted octanol–water partition coefficient (Wildman–Crippen LogP) is 2.87. The van der Waals surface area contributed by atoms with Gasteiger partial charge in [-0.1, -0.05) is 13.0 Å². The topological polar surface area (TPSA) is 91.4 Å². The van der Waals surface area contributed by atoms with Gasteiger partial charge in [-0.15, -0.1) is 0 Å². The Morgan fingerprint density at radius 2 is 2.08 bits per heavy atom. The second kappa shape index (κ2) is 6.78. The molecule has 0 atom stereocenters. The maximum Gasteiger partial charge on any atom is 0.329 e. The average Bonchev–Trinajstić information content (AvgIpc) is 3.00. The highest BCUT2D eigenvalue weighted by atomic mass is 16.5. The second-order valence-electron chi connectivity index (χ2n) is 6.99. The number of benzene rings is 1. The molecular weight excluding hydrogens is 320 g/mol. The number of H-pyrrole nitrogens is 1. The fourth-order valence-electron chi connectivity index (χ4n) is 3.66. The average molecular weight is 344 g/mol. The van der Waals surface area contributed by atoms with E-state index in [4.69, 9.17) is 4.74 Å². The number of carbonyl (C=O) groups excluding carboxylic acids is 1. The number of amides is 1. The van der Waals surface area contributed by atoms with Crippen LogP contribution in [-0.2, 0) is 16.0 Å². The summed E-state index contributed by atoms with van der Waals surface area (Å²) in [5.41, 5.74) is 0.552. The van der Waals surface area contributed by atoms with Gasteiger partial charge in [-0.25, -0.2) is 4.79 Å². The van der Waals surface area contributed by atoms with E-state index in [0.717, 1.165) is 29.3 Å². The first-order valence-electron chi connectivity index (χ1n) is 8.62. The molecule has 134 valence electrons. The number of carbonyl (C=O) groups is 2. The molecular formula is C19H24N2O4. The first kappa shape index (κ1) is 17.3. The Morgan fingerprint density at radius 3 is 2.72 bits per heavy atom. The standard InChI is InChI=1S/C19H24N2O4/c1-12-6-8-19(9-7-12,18(23)24)21-16(22)10-13-11-20-14-4-3-5-15(25-2)17(13)14/h3-5,11-12,20H,6-10H2,1-2H3,(H,21,22)(H,23,24). The summed E-state index contributed by atoms with van der Waals surface area (Å²) in [6.07, 6.45) is 4.48. The van der Waals surface area contributed by atoms with Crippen molar-refractivity contribution < 1.29 is 19.4 Å². The Labute approximate surface area is 146 Å². The van der Waals surface area contributed by atoms with Crippen molar-refractivity contribution >= 4 is 22.8 Å². The van der Waals surface area contributed by atoms with E-state index in [9.17, 15) is 14.7 Å². The van der Waals surface area contributed by atoms with Gasteiger partial charge in [0.2, 0.25) is 5.91 Å². The third-order valence-corrected chi connectivity index (χ3v) is 5.24. The third kappa shape index (κ3) is 3.34. The number of carboxylic acids is 1. The number of fused-ring (bicyclic) bond motifs is 1. The van der Waals surface area contributed by atoms with Crippen molar-refractivity contribution in [2.24, 2.45) is 5.92 Å². The predicted molar refractivity (Wildman–Crippen MR) is 94.7 cm³/mol. The Balaban J connectivity index is 1.79. The first-order valence-corrected chi connectivity index (χ1v) is 8.62. The maximum absolute atomic E-state index is 12.6. The van der Waals surface area contributed by atoms with E-state index in [-0.39, 0.29) is 12.3 Å². The van der Waals surface area contributed by atoms with Crippen LogP contribution in [0.5, 0.6) is 5.75 Å². The quantitative estimate of drug-likeness (QED) is 0.778. The lowest BCUT2D eigenvalue weighted by Crippen LogP contribution is -2.56. The summed E-state index contributed by atoms with van der Waals surface area (Å²) in [6.45, 7) is 2.12. The molecule has 1 fully saturated rings. The lowest BCUT2D eigenvalue weighted by atomic mass is 9.77. The number of methoxy groups -OCH3 is 1. The van der Waals surface area contributed by atoms with Gasteiger partial charge in [-0.05, 0) is 49.3 Å². The molecule has 0 aliphatic heterocycles. The molecule has 0 unspecified atom stereocenters. The van der Waals surface area contributed by atoms with Crippen LogP contribution in [0.3, 0.4) is 0 Å². The molecule has 6 nitrogen and oxygen atoms in total. The van der Waals surface area contributed by atoms with E-state index in [0.29, 0.717) is 24.5 Å². The smallest absolute Gasteiger partial charge is 0.329 e. The van der Waals surface area contributed by atoms with Crippen LogP contribution in [0.1, 0.15) is 38.2 Å². The molecule has 2 aromatic rings. The SMILES string of the molecule is COc1cccc2[nH]cc(CC(=O)NC3(C(=O)O)CCC(C)CC3)c12. The zero-order chi connectivity index (χ0) is 18.0. The molecule has 3 rings (SSSR count). The number of aliphatic carboxylic acids is 1. The van der Waals surface area contributed by atoms with E-state index in [1.165, 1.54) is 0 Å². The number of rotatable bonds is 5. The minimum Gasteiger partial charge on any atom is -0.496 e. The van der Waals surface area contributed by atoms with Crippen LogP contribution in [0, 0.1) is 5.92 Å². The van der Waals surface area contributed by atoms with Gasteiger partial charge in [0.1, 0.15) is 11.3 Å². The highest BCUT2D eigenvalue weighted by Crippen LogP contribution is 2.33. The number of nitrogens with one attached hydrogen (secondary N) is 2. The van der Waals surface area contributed by atoms with Crippen molar-refractivity contribution in [1.29, 1.82) is 0 Å². The van der Waals surface area contributed by atoms with Crippen LogP contribution in [0.4, 0.5) is 0 Å². The second-order valence-corrected chi connectivity index (χ2v) is 6.99. The maximum atomic E-state index is 12.6. The molecule has 25 heavy (non-hydrogen) atoms. The van der Waals surface area contributed by atoms with Crippen molar-refractivity contribution in [2.75, 3.05) is 7.11 Å². The fraction of sp³-hybridized carbons (Fsp3) is 0.474. The van der Waals surface area contributed by atoms with Crippen molar-refractivity contribution in [2.45, 2.75) is 44.6 Å². The van der Waals surface area contributed by atoms with Crippen LogP contribution in [0.2, 0.25) is 0 Å². The number of hydrogen-bond donors (Lipinski definition) is 3. The molecule has 1 aromatic heterocycles. The lowest BCUT2D eigenvalue weighted by molar-refractivity contribution is -0.149. The van der Waals surface area contributed by atoms with Crippen molar-refractivity contribution in [3.05, 3.63) is 30.0 Å². The largest absolute Gasteiger partial charge is 0.496 e. The Morgan fingerprint density at radius 1 is 1.36 bits per heavy atom. The van der Waals surface area contributed by atoms with E-state index < -0.39 is 11.5 Å². The van der Waals surface area contributed by atoms with Crippen molar-refractivity contribution in [3.8, 4) is 5.75 Å². The van der Waals surface area contributed by atoms with E-state index in [1.807, 2.05) is 18.2 Å². The van der Waals surface area contributed by atoms with Gasteiger partial charge >= 0.3 is 5.97 Å². The monoisotopic (exact) mass is 344 g/mol. The molecule has 1 aliphatic rings. The highest BCUT2D eigenvalue weighted by Gasteiger charge is 2.42.